The van der Waals surface area contributed by atoms with Crippen LogP contribution in [0.4, 0.5) is 10.5 Å². The first-order valence-corrected chi connectivity index (χ1v) is 8.52. The Kier molecular flexibility index (Phi) is 5.99. The Morgan fingerprint density at radius 1 is 1.46 bits per heavy atom. The zero-order valence-corrected chi connectivity index (χ0v) is 14.1. The molecule has 0 unspecified atom stereocenters. The van der Waals surface area contributed by atoms with Crippen LogP contribution in [0.5, 0.6) is 0 Å². The summed E-state index contributed by atoms with van der Waals surface area (Å²) in [6, 6.07) is 4.36. The van der Waals surface area contributed by atoms with Crippen LogP contribution < -0.4 is 5.32 Å². The lowest BCUT2D eigenvalue weighted by molar-refractivity contribution is -0.387. The minimum absolute atomic E-state index is 0.0398. The number of hydrogen-bond acceptors (Lipinski definition) is 8. The topological polar surface area (TPSA) is 116 Å². The molecule has 24 heavy (non-hydrogen) atoms. The number of nitro benzene ring substituents is 1. The van der Waals surface area contributed by atoms with Crippen molar-refractivity contribution in [3.8, 4) is 0 Å². The first-order chi connectivity index (χ1) is 11.4. The van der Waals surface area contributed by atoms with Gasteiger partial charge in [-0.2, -0.15) is 0 Å². The first-order valence-electron chi connectivity index (χ1n) is 6.72. The Hall–Kier alpha value is -2.33. The van der Waals surface area contributed by atoms with Crippen LogP contribution in [0.3, 0.4) is 0 Å². The zero-order chi connectivity index (χ0) is 17.7. The number of esters is 1. The van der Waals surface area contributed by atoms with Crippen LogP contribution in [0.25, 0.3) is 6.08 Å². The normalized spacial score (nSPS) is 15.5. The number of imide groups is 1. The fourth-order valence-corrected chi connectivity index (χ4v) is 3.29. The standard InChI is InChI=1S/C14H12N2O6S2/c1-2-22-12(17)7-23-10-4-3-8(5-9(10)16(20)21)6-11-13(18)15-14(19)24-11/h3-6H,2,7H2,1H3,(H,15,18,19)/b11-6-. The van der Waals surface area contributed by atoms with Gasteiger partial charge in [0.05, 0.1) is 27.1 Å². The van der Waals surface area contributed by atoms with Crippen molar-refractivity contribution >= 4 is 52.4 Å². The maximum absolute atomic E-state index is 11.5. The molecule has 0 aromatic heterocycles. The van der Waals surface area contributed by atoms with Gasteiger partial charge in [0.15, 0.2) is 0 Å². The number of nitrogens with one attached hydrogen (secondary N) is 1. The number of nitrogens with zero attached hydrogens (tertiary/aromatic N) is 1. The van der Waals surface area contributed by atoms with Crippen LogP contribution >= 0.6 is 23.5 Å². The fourth-order valence-electron chi connectivity index (χ4n) is 1.80. The molecule has 1 aromatic rings. The van der Waals surface area contributed by atoms with E-state index in [-0.39, 0.29) is 23.0 Å². The molecule has 0 atom stereocenters. The van der Waals surface area contributed by atoms with E-state index in [4.69, 9.17) is 4.74 Å². The molecule has 8 nitrogen and oxygen atoms in total. The minimum atomic E-state index is -0.567. The Bertz CT molecular complexity index is 747. The van der Waals surface area contributed by atoms with E-state index in [0.717, 1.165) is 23.5 Å². The molecule has 1 saturated heterocycles. The van der Waals surface area contributed by atoms with Gasteiger partial charge < -0.3 is 4.74 Å². The highest BCUT2D eigenvalue weighted by atomic mass is 32.2. The van der Waals surface area contributed by atoms with Gasteiger partial charge in [0.25, 0.3) is 16.8 Å². The number of hydrogen-bond donors (Lipinski definition) is 1. The monoisotopic (exact) mass is 368 g/mol. The van der Waals surface area contributed by atoms with E-state index < -0.39 is 22.0 Å². The number of benzene rings is 1. The van der Waals surface area contributed by atoms with Crippen LogP contribution in [-0.2, 0) is 14.3 Å². The van der Waals surface area contributed by atoms with Gasteiger partial charge in [-0.25, -0.2) is 0 Å². The summed E-state index contributed by atoms with van der Waals surface area (Å²) in [6.07, 6.45) is 1.40. The number of amides is 2. The molecule has 0 radical (unpaired) electrons. The number of nitro groups is 1. The molecule has 0 saturated carbocycles. The average Bonchev–Trinajstić information content (AvgIpc) is 2.83. The maximum Gasteiger partial charge on any atom is 0.316 e. The van der Waals surface area contributed by atoms with E-state index in [9.17, 15) is 24.5 Å². The summed E-state index contributed by atoms with van der Waals surface area (Å²) in [5.41, 5.74) is 0.225. The Balaban J connectivity index is 2.22. The van der Waals surface area contributed by atoms with E-state index in [1.54, 1.807) is 13.0 Å². The van der Waals surface area contributed by atoms with Crippen molar-refractivity contribution in [3.05, 3.63) is 38.8 Å². The highest BCUT2D eigenvalue weighted by Crippen LogP contribution is 2.32. The quantitative estimate of drug-likeness (QED) is 0.268. The van der Waals surface area contributed by atoms with E-state index >= 15 is 0 Å². The van der Waals surface area contributed by atoms with E-state index in [2.05, 4.69) is 5.32 Å². The molecule has 1 aliphatic heterocycles. The zero-order valence-electron chi connectivity index (χ0n) is 12.4. The molecule has 1 heterocycles. The van der Waals surface area contributed by atoms with Gasteiger partial charge in [0.1, 0.15) is 0 Å². The number of carbonyl (C=O) groups is 3. The molecule has 10 heteroatoms. The van der Waals surface area contributed by atoms with Gasteiger partial charge in [-0.05, 0) is 36.4 Å². The second kappa shape index (κ2) is 7.97. The van der Waals surface area contributed by atoms with Crippen LogP contribution in [0.15, 0.2) is 28.0 Å². The van der Waals surface area contributed by atoms with Gasteiger partial charge in [-0.1, -0.05) is 6.07 Å². The van der Waals surface area contributed by atoms with E-state index in [1.807, 2.05) is 0 Å². The van der Waals surface area contributed by atoms with Crippen LogP contribution in [0.2, 0.25) is 0 Å². The third-order valence-corrected chi connectivity index (χ3v) is 4.62. The summed E-state index contributed by atoms with van der Waals surface area (Å²) in [5, 5.41) is 12.8. The predicted molar refractivity (Wildman–Crippen MR) is 89.6 cm³/mol. The smallest absolute Gasteiger partial charge is 0.316 e. The van der Waals surface area contributed by atoms with Crippen molar-refractivity contribution in [2.24, 2.45) is 0 Å². The second-order valence-electron chi connectivity index (χ2n) is 4.43. The largest absolute Gasteiger partial charge is 0.465 e. The van der Waals surface area contributed by atoms with E-state index in [0.29, 0.717) is 10.5 Å². The van der Waals surface area contributed by atoms with Gasteiger partial charge in [-0.15, -0.1) is 11.8 Å². The summed E-state index contributed by atoms with van der Waals surface area (Å²) in [7, 11) is 0. The molecule has 1 N–H and O–H groups in total. The highest BCUT2D eigenvalue weighted by Gasteiger charge is 2.25. The van der Waals surface area contributed by atoms with Crippen molar-refractivity contribution in [2.45, 2.75) is 11.8 Å². The molecule has 0 bridgehead atoms. The van der Waals surface area contributed by atoms with Gasteiger partial charge >= 0.3 is 5.97 Å². The number of thioether (sulfide) groups is 2. The van der Waals surface area contributed by atoms with Crippen LogP contribution in [-0.4, -0.2) is 34.4 Å². The SMILES string of the molecule is CCOC(=O)CSc1ccc(/C=C2\SC(=O)NC2=O)cc1[N+](=O)[O-]. The predicted octanol–water partition coefficient (Wildman–Crippen LogP) is 2.57. The van der Waals surface area contributed by atoms with Crippen molar-refractivity contribution in [2.75, 3.05) is 12.4 Å². The summed E-state index contributed by atoms with van der Waals surface area (Å²) in [4.78, 5) is 45.1. The molecular weight excluding hydrogens is 356 g/mol. The van der Waals surface area contributed by atoms with E-state index in [1.165, 1.54) is 18.2 Å². The molecule has 1 fully saturated rings. The van der Waals surface area contributed by atoms with Crippen molar-refractivity contribution in [1.82, 2.24) is 5.32 Å². The number of rotatable bonds is 6. The van der Waals surface area contributed by atoms with Crippen LogP contribution in [0.1, 0.15) is 12.5 Å². The molecule has 126 valence electrons. The number of carbonyl (C=O) groups excluding carboxylic acids is 3. The molecule has 2 rings (SSSR count). The highest BCUT2D eigenvalue weighted by molar-refractivity contribution is 8.18. The lowest BCUT2D eigenvalue weighted by Crippen LogP contribution is -2.17. The summed E-state index contributed by atoms with van der Waals surface area (Å²) < 4.78 is 4.78. The molecule has 1 aromatic carbocycles. The Labute approximate surface area is 145 Å². The third kappa shape index (κ3) is 4.59. The van der Waals surface area contributed by atoms with Crippen LogP contribution in [0, 0.1) is 10.1 Å². The molecular formula is C14H12N2O6S2. The summed E-state index contributed by atoms with van der Waals surface area (Å²) >= 11 is 1.73. The molecule has 0 aliphatic carbocycles. The third-order valence-electron chi connectivity index (χ3n) is 2.77. The molecule has 2 amide bonds. The minimum Gasteiger partial charge on any atom is -0.465 e. The first kappa shape index (κ1) is 18.0. The fraction of sp³-hybridized carbons (Fsp3) is 0.214. The average molecular weight is 368 g/mol. The van der Waals surface area contributed by atoms with Crippen molar-refractivity contribution < 1.29 is 24.0 Å². The van der Waals surface area contributed by atoms with Gasteiger partial charge in [0, 0.05) is 6.07 Å². The summed E-state index contributed by atoms with van der Waals surface area (Å²) in [6.45, 7) is 1.92. The number of ether oxygens (including phenoxy) is 1. The lowest BCUT2D eigenvalue weighted by Gasteiger charge is -2.04. The lowest BCUT2D eigenvalue weighted by atomic mass is 10.2. The molecule has 0 spiro atoms. The maximum atomic E-state index is 11.5. The van der Waals surface area contributed by atoms with Gasteiger partial charge in [0.2, 0.25) is 0 Å². The summed E-state index contributed by atoms with van der Waals surface area (Å²) in [5.74, 6) is -1.03. The van der Waals surface area contributed by atoms with Crippen molar-refractivity contribution in [1.29, 1.82) is 0 Å². The second-order valence-corrected chi connectivity index (χ2v) is 6.46. The van der Waals surface area contributed by atoms with Crippen molar-refractivity contribution in [3.63, 3.8) is 0 Å². The van der Waals surface area contributed by atoms with Gasteiger partial charge in [-0.3, -0.25) is 29.8 Å². The Morgan fingerprint density at radius 3 is 2.79 bits per heavy atom. The Morgan fingerprint density at radius 2 is 2.21 bits per heavy atom. The molecule has 1 aliphatic rings.